The van der Waals surface area contributed by atoms with E-state index in [1.54, 1.807) is 24.5 Å². The van der Waals surface area contributed by atoms with E-state index in [0.29, 0.717) is 4.90 Å². The number of aromatic hydroxyl groups is 1. The van der Waals surface area contributed by atoms with Crippen LogP contribution in [0.5, 0.6) is 5.75 Å². The minimum atomic E-state index is -4.01. The molecular formula is C13H11BrFNO3S2. The van der Waals surface area contributed by atoms with Gasteiger partial charge in [-0.1, -0.05) is 12.1 Å². The Morgan fingerprint density at radius 1 is 1.24 bits per heavy atom. The third kappa shape index (κ3) is 3.33. The molecule has 2 aromatic rings. The average molecular weight is 392 g/mol. The SMILES string of the molecule is CSc1ccccc1S(=O)(=O)Nc1c(O)ccc(Br)c1F. The van der Waals surface area contributed by atoms with Gasteiger partial charge in [0.05, 0.1) is 4.47 Å². The number of thioether (sulfide) groups is 1. The lowest BCUT2D eigenvalue weighted by Crippen LogP contribution is -2.15. The van der Waals surface area contributed by atoms with Crippen LogP contribution in [0.25, 0.3) is 0 Å². The van der Waals surface area contributed by atoms with Crippen LogP contribution in [0.3, 0.4) is 0 Å². The van der Waals surface area contributed by atoms with E-state index in [-0.39, 0.29) is 9.37 Å². The van der Waals surface area contributed by atoms with Crippen molar-refractivity contribution in [3.63, 3.8) is 0 Å². The summed E-state index contributed by atoms with van der Waals surface area (Å²) < 4.78 is 40.9. The first-order valence-electron chi connectivity index (χ1n) is 5.69. The van der Waals surface area contributed by atoms with E-state index >= 15 is 0 Å². The summed E-state index contributed by atoms with van der Waals surface area (Å²) in [6.07, 6.45) is 1.74. The fraction of sp³-hybridized carbons (Fsp3) is 0.0769. The third-order valence-corrected chi connectivity index (χ3v) is 5.61. The minimum absolute atomic E-state index is 0.0243. The van der Waals surface area contributed by atoms with Crippen LogP contribution in [0.2, 0.25) is 0 Å². The second kappa shape index (κ2) is 6.25. The Kier molecular flexibility index (Phi) is 4.80. The molecule has 0 heterocycles. The number of sulfonamides is 1. The van der Waals surface area contributed by atoms with Crippen LogP contribution in [-0.4, -0.2) is 19.8 Å². The van der Waals surface area contributed by atoms with Crippen LogP contribution in [0.4, 0.5) is 10.1 Å². The maximum atomic E-state index is 14.0. The Labute approximate surface area is 134 Å². The number of hydrogen-bond donors (Lipinski definition) is 2. The van der Waals surface area contributed by atoms with Gasteiger partial charge in [0.25, 0.3) is 10.0 Å². The number of halogens is 2. The summed E-state index contributed by atoms with van der Waals surface area (Å²) in [6, 6.07) is 8.84. The Morgan fingerprint density at radius 2 is 1.90 bits per heavy atom. The molecule has 2 N–H and O–H groups in total. The van der Waals surface area contributed by atoms with Crippen LogP contribution in [0.15, 0.2) is 50.7 Å². The molecule has 0 saturated carbocycles. The average Bonchev–Trinajstić information content (AvgIpc) is 2.47. The lowest BCUT2D eigenvalue weighted by Gasteiger charge is -2.13. The maximum Gasteiger partial charge on any atom is 0.263 e. The van der Waals surface area contributed by atoms with Gasteiger partial charge in [0, 0.05) is 4.90 Å². The van der Waals surface area contributed by atoms with E-state index in [1.165, 1.54) is 30.0 Å². The van der Waals surface area contributed by atoms with Crippen molar-refractivity contribution in [3.8, 4) is 5.75 Å². The Morgan fingerprint density at radius 3 is 2.57 bits per heavy atom. The van der Waals surface area contributed by atoms with Crippen LogP contribution >= 0.6 is 27.7 Å². The topological polar surface area (TPSA) is 66.4 Å². The van der Waals surface area contributed by atoms with E-state index in [2.05, 4.69) is 20.7 Å². The number of benzene rings is 2. The molecule has 0 radical (unpaired) electrons. The normalized spacial score (nSPS) is 11.4. The van der Waals surface area contributed by atoms with E-state index in [9.17, 15) is 17.9 Å². The first-order chi connectivity index (χ1) is 9.86. The van der Waals surface area contributed by atoms with Crippen LogP contribution in [0.1, 0.15) is 0 Å². The fourth-order valence-electron chi connectivity index (χ4n) is 1.67. The number of hydrogen-bond acceptors (Lipinski definition) is 4. The molecule has 0 aliphatic heterocycles. The molecule has 0 spiro atoms. The monoisotopic (exact) mass is 391 g/mol. The highest BCUT2D eigenvalue weighted by Gasteiger charge is 2.22. The van der Waals surface area contributed by atoms with Gasteiger partial charge in [-0.2, -0.15) is 0 Å². The van der Waals surface area contributed by atoms with Crippen LogP contribution in [-0.2, 0) is 10.0 Å². The first kappa shape index (κ1) is 16.1. The number of phenolic OH excluding ortho intramolecular Hbond substituents is 1. The molecule has 0 saturated heterocycles. The lowest BCUT2D eigenvalue weighted by atomic mass is 10.3. The van der Waals surface area contributed by atoms with Gasteiger partial charge in [0.1, 0.15) is 16.3 Å². The summed E-state index contributed by atoms with van der Waals surface area (Å²) in [4.78, 5) is 0.552. The highest BCUT2D eigenvalue weighted by atomic mass is 79.9. The number of anilines is 1. The summed E-state index contributed by atoms with van der Waals surface area (Å²) in [5, 5.41) is 9.66. The van der Waals surface area contributed by atoms with Crippen molar-refractivity contribution in [1.29, 1.82) is 0 Å². The van der Waals surface area contributed by atoms with Crippen molar-refractivity contribution in [2.24, 2.45) is 0 Å². The van der Waals surface area contributed by atoms with E-state index in [1.807, 2.05) is 0 Å². The highest BCUT2D eigenvalue weighted by molar-refractivity contribution is 9.10. The molecule has 0 amide bonds. The van der Waals surface area contributed by atoms with Crippen molar-refractivity contribution >= 4 is 43.4 Å². The summed E-state index contributed by atoms with van der Waals surface area (Å²) in [5.74, 6) is -1.36. The summed E-state index contributed by atoms with van der Waals surface area (Å²) in [5.41, 5.74) is -0.486. The van der Waals surface area contributed by atoms with Gasteiger partial charge in [-0.15, -0.1) is 11.8 Å². The number of nitrogens with one attached hydrogen (secondary N) is 1. The van der Waals surface area contributed by atoms with Gasteiger partial charge in [-0.25, -0.2) is 12.8 Å². The predicted octanol–water partition coefficient (Wildman–Crippen LogP) is 3.82. The molecule has 0 bridgehead atoms. The van der Waals surface area contributed by atoms with E-state index in [4.69, 9.17) is 0 Å². The fourth-order valence-corrected chi connectivity index (χ4v) is 4.22. The molecule has 0 aliphatic carbocycles. The standard InChI is InChI=1S/C13H11BrFNO3S2/c1-20-10-4-2-3-5-11(10)21(18,19)16-13-9(17)7-6-8(14)12(13)15/h2-7,16-17H,1H3. The second-order valence-electron chi connectivity index (χ2n) is 4.01. The van der Waals surface area contributed by atoms with Gasteiger partial charge in [-0.3, -0.25) is 4.72 Å². The van der Waals surface area contributed by atoms with E-state index < -0.39 is 27.3 Å². The molecular weight excluding hydrogens is 381 g/mol. The highest BCUT2D eigenvalue weighted by Crippen LogP contribution is 2.34. The molecule has 2 aromatic carbocycles. The molecule has 112 valence electrons. The van der Waals surface area contributed by atoms with Crippen molar-refractivity contribution in [1.82, 2.24) is 0 Å². The molecule has 0 atom stereocenters. The lowest BCUT2D eigenvalue weighted by molar-refractivity contribution is 0.472. The number of phenols is 1. The van der Waals surface area contributed by atoms with Gasteiger partial charge >= 0.3 is 0 Å². The quantitative estimate of drug-likeness (QED) is 0.614. The van der Waals surface area contributed by atoms with Crippen molar-refractivity contribution in [2.75, 3.05) is 11.0 Å². The first-order valence-corrected chi connectivity index (χ1v) is 9.19. The maximum absolute atomic E-state index is 14.0. The molecule has 21 heavy (non-hydrogen) atoms. The summed E-state index contributed by atoms with van der Waals surface area (Å²) in [7, 11) is -4.01. The van der Waals surface area contributed by atoms with Gasteiger partial charge in [0.2, 0.25) is 0 Å². The third-order valence-electron chi connectivity index (χ3n) is 2.67. The molecule has 0 aromatic heterocycles. The second-order valence-corrected chi connectivity index (χ2v) is 7.37. The Hall–Kier alpha value is -1.25. The summed E-state index contributed by atoms with van der Waals surface area (Å²) >= 11 is 4.21. The molecule has 0 unspecified atom stereocenters. The van der Waals surface area contributed by atoms with Gasteiger partial charge < -0.3 is 5.11 Å². The Balaban J connectivity index is 2.50. The molecule has 4 nitrogen and oxygen atoms in total. The molecule has 0 fully saturated rings. The zero-order valence-electron chi connectivity index (χ0n) is 10.8. The zero-order valence-corrected chi connectivity index (χ0v) is 14.0. The van der Waals surface area contributed by atoms with Crippen LogP contribution < -0.4 is 4.72 Å². The molecule has 2 rings (SSSR count). The van der Waals surface area contributed by atoms with Crippen molar-refractivity contribution < 1.29 is 17.9 Å². The van der Waals surface area contributed by atoms with Crippen molar-refractivity contribution in [2.45, 2.75) is 9.79 Å². The predicted molar refractivity (Wildman–Crippen MR) is 84.8 cm³/mol. The van der Waals surface area contributed by atoms with E-state index in [0.717, 1.165) is 0 Å². The van der Waals surface area contributed by atoms with Crippen LogP contribution in [0, 0.1) is 5.82 Å². The van der Waals surface area contributed by atoms with Gasteiger partial charge in [0.15, 0.2) is 5.82 Å². The molecule has 0 aliphatic rings. The van der Waals surface area contributed by atoms with Crippen molar-refractivity contribution in [3.05, 3.63) is 46.7 Å². The Bertz CT molecular complexity index is 781. The minimum Gasteiger partial charge on any atom is -0.506 e. The zero-order chi connectivity index (χ0) is 15.6. The number of rotatable bonds is 4. The largest absolute Gasteiger partial charge is 0.506 e. The smallest absolute Gasteiger partial charge is 0.263 e. The van der Waals surface area contributed by atoms with Gasteiger partial charge in [-0.05, 0) is 46.5 Å². The molecule has 8 heteroatoms. The summed E-state index contributed by atoms with van der Waals surface area (Å²) in [6.45, 7) is 0.